The zero-order valence-corrected chi connectivity index (χ0v) is 14.6. The third kappa shape index (κ3) is 3.37. The molecule has 0 aliphatic carbocycles. The standard InChI is InChI=1S/C15H14N6O4S/c1-7-3-5-17-15-18-11(20-21(7)15)14(24)25-8(2)12(23)19-13-9(10(16)22)4-6-26-13/h3-6,8H,1-2H3,(H2,16,22)(H,19,23). The van der Waals surface area contributed by atoms with Gasteiger partial charge >= 0.3 is 5.97 Å². The predicted octanol–water partition coefficient (Wildman–Crippen LogP) is 0.777. The normalized spacial score (nSPS) is 11.9. The number of hydrogen-bond acceptors (Lipinski definition) is 8. The molecule has 0 spiro atoms. The van der Waals surface area contributed by atoms with Crippen molar-refractivity contribution in [1.82, 2.24) is 19.6 Å². The van der Waals surface area contributed by atoms with Crippen LogP contribution in [0.2, 0.25) is 0 Å². The number of anilines is 1. The molecule has 3 aromatic rings. The maximum Gasteiger partial charge on any atom is 0.379 e. The lowest BCUT2D eigenvalue weighted by atomic mass is 10.3. The molecule has 0 aromatic carbocycles. The van der Waals surface area contributed by atoms with Crippen molar-refractivity contribution < 1.29 is 19.1 Å². The SMILES string of the molecule is Cc1ccnc2nc(C(=O)OC(C)C(=O)Nc3sccc3C(N)=O)nn12. The van der Waals surface area contributed by atoms with Crippen molar-refractivity contribution in [1.29, 1.82) is 0 Å². The Morgan fingerprint density at radius 1 is 1.35 bits per heavy atom. The van der Waals surface area contributed by atoms with Gasteiger partial charge in [0, 0.05) is 11.9 Å². The largest absolute Gasteiger partial charge is 0.447 e. The van der Waals surface area contributed by atoms with E-state index in [1.165, 1.54) is 17.5 Å². The number of nitrogens with two attached hydrogens (primary N) is 1. The highest BCUT2D eigenvalue weighted by Gasteiger charge is 2.24. The van der Waals surface area contributed by atoms with Gasteiger partial charge in [-0.2, -0.15) is 4.98 Å². The van der Waals surface area contributed by atoms with Crippen molar-refractivity contribution in [2.75, 3.05) is 5.32 Å². The fraction of sp³-hybridized carbons (Fsp3) is 0.200. The van der Waals surface area contributed by atoms with Crippen molar-refractivity contribution >= 4 is 39.9 Å². The van der Waals surface area contributed by atoms with Gasteiger partial charge in [0.15, 0.2) is 6.10 Å². The van der Waals surface area contributed by atoms with Crippen LogP contribution >= 0.6 is 11.3 Å². The number of nitrogens with zero attached hydrogens (tertiary/aromatic N) is 4. The first kappa shape index (κ1) is 17.5. The summed E-state index contributed by atoms with van der Waals surface area (Å²) in [5, 5.41) is 8.42. The molecule has 2 amide bonds. The van der Waals surface area contributed by atoms with Crippen LogP contribution in [0.15, 0.2) is 23.7 Å². The first-order chi connectivity index (χ1) is 12.4. The summed E-state index contributed by atoms with van der Waals surface area (Å²) >= 11 is 1.13. The number of nitrogens with one attached hydrogen (secondary N) is 1. The molecule has 0 saturated carbocycles. The smallest absolute Gasteiger partial charge is 0.379 e. The van der Waals surface area contributed by atoms with E-state index in [1.807, 2.05) is 0 Å². The first-order valence-corrected chi connectivity index (χ1v) is 8.32. The van der Waals surface area contributed by atoms with Gasteiger partial charge < -0.3 is 15.8 Å². The Bertz CT molecular complexity index is 1010. The second kappa shape index (κ2) is 6.88. The number of aryl methyl sites for hydroxylation is 1. The summed E-state index contributed by atoms with van der Waals surface area (Å²) in [5.41, 5.74) is 6.15. The van der Waals surface area contributed by atoms with Crippen molar-refractivity contribution in [3.05, 3.63) is 40.8 Å². The predicted molar refractivity (Wildman–Crippen MR) is 91.9 cm³/mol. The molecule has 0 aliphatic heterocycles. The van der Waals surface area contributed by atoms with Gasteiger partial charge in [-0.05, 0) is 31.4 Å². The Kier molecular flexibility index (Phi) is 4.63. The van der Waals surface area contributed by atoms with Crippen molar-refractivity contribution in [2.24, 2.45) is 5.73 Å². The average molecular weight is 374 g/mol. The highest BCUT2D eigenvalue weighted by atomic mass is 32.1. The fourth-order valence-electron chi connectivity index (χ4n) is 2.07. The summed E-state index contributed by atoms with van der Waals surface area (Å²) in [6, 6.07) is 3.21. The minimum atomic E-state index is -1.13. The number of ether oxygens (including phenoxy) is 1. The van der Waals surface area contributed by atoms with Crippen LogP contribution < -0.4 is 11.1 Å². The number of hydrogen-bond donors (Lipinski definition) is 2. The van der Waals surface area contributed by atoms with Gasteiger partial charge in [0.05, 0.1) is 5.56 Å². The highest BCUT2D eigenvalue weighted by Crippen LogP contribution is 2.23. The third-order valence-corrected chi connectivity index (χ3v) is 4.26. The topological polar surface area (TPSA) is 142 Å². The maximum absolute atomic E-state index is 12.2. The molecule has 0 saturated heterocycles. The number of carbonyl (C=O) groups excluding carboxylic acids is 3. The lowest BCUT2D eigenvalue weighted by molar-refractivity contribution is -0.123. The fourth-order valence-corrected chi connectivity index (χ4v) is 2.87. The second-order valence-corrected chi connectivity index (χ2v) is 6.21. The summed E-state index contributed by atoms with van der Waals surface area (Å²) in [7, 11) is 0. The molecule has 3 N–H and O–H groups in total. The van der Waals surface area contributed by atoms with Gasteiger partial charge in [-0.25, -0.2) is 14.3 Å². The number of thiophene rings is 1. The average Bonchev–Trinajstić information content (AvgIpc) is 3.22. The molecule has 0 aliphatic rings. The van der Waals surface area contributed by atoms with E-state index in [2.05, 4.69) is 20.4 Å². The molecule has 10 nitrogen and oxygen atoms in total. The molecule has 11 heteroatoms. The van der Waals surface area contributed by atoms with E-state index in [0.29, 0.717) is 0 Å². The zero-order valence-electron chi connectivity index (χ0n) is 13.8. The Balaban J connectivity index is 1.69. The molecule has 1 unspecified atom stereocenters. The third-order valence-electron chi connectivity index (χ3n) is 3.43. The Morgan fingerprint density at radius 3 is 2.81 bits per heavy atom. The number of primary amides is 1. The van der Waals surface area contributed by atoms with Crippen LogP contribution in [0.25, 0.3) is 5.78 Å². The van der Waals surface area contributed by atoms with Crippen LogP contribution in [0.5, 0.6) is 0 Å². The molecule has 0 bridgehead atoms. The van der Waals surface area contributed by atoms with Gasteiger partial charge in [0.1, 0.15) is 5.00 Å². The molecule has 3 heterocycles. The van der Waals surface area contributed by atoms with Crippen molar-refractivity contribution in [2.45, 2.75) is 20.0 Å². The Hall–Kier alpha value is -3.34. The Labute approximate surface area is 151 Å². The quantitative estimate of drug-likeness (QED) is 0.628. The summed E-state index contributed by atoms with van der Waals surface area (Å²) in [6.45, 7) is 3.18. The van der Waals surface area contributed by atoms with E-state index in [4.69, 9.17) is 10.5 Å². The molecular weight excluding hydrogens is 360 g/mol. The van der Waals surface area contributed by atoms with Gasteiger partial charge in [-0.3, -0.25) is 9.59 Å². The van der Waals surface area contributed by atoms with Crippen LogP contribution in [0, 0.1) is 6.92 Å². The lowest BCUT2D eigenvalue weighted by Gasteiger charge is -2.12. The van der Waals surface area contributed by atoms with Gasteiger partial charge in [-0.15, -0.1) is 16.4 Å². The van der Waals surface area contributed by atoms with Gasteiger partial charge in [-0.1, -0.05) is 0 Å². The van der Waals surface area contributed by atoms with E-state index in [0.717, 1.165) is 17.0 Å². The van der Waals surface area contributed by atoms with Crippen LogP contribution in [0.1, 0.15) is 33.6 Å². The van der Waals surface area contributed by atoms with E-state index >= 15 is 0 Å². The second-order valence-electron chi connectivity index (χ2n) is 5.30. The number of amides is 2. The summed E-state index contributed by atoms with van der Waals surface area (Å²) in [5.74, 6) is -2.10. The van der Waals surface area contributed by atoms with Crippen LogP contribution in [-0.2, 0) is 9.53 Å². The van der Waals surface area contributed by atoms with Crippen molar-refractivity contribution in [3.8, 4) is 0 Å². The molecule has 3 aromatic heterocycles. The van der Waals surface area contributed by atoms with Crippen LogP contribution in [0.4, 0.5) is 5.00 Å². The molecule has 0 fully saturated rings. The summed E-state index contributed by atoms with van der Waals surface area (Å²) in [4.78, 5) is 43.6. The highest BCUT2D eigenvalue weighted by molar-refractivity contribution is 7.14. The van der Waals surface area contributed by atoms with E-state index < -0.39 is 23.9 Å². The number of carbonyl (C=O) groups is 3. The van der Waals surface area contributed by atoms with Crippen molar-refractivity contribution in [3.63, 3.8) is 0 Å². The van der Waals surface area contributed by atoms with Crippen LogP contribution in [0.3, 0.4) is 0 Å². The molecule has 0 radical (unpaired) electrons. The molecule has 26 heavy (non-hydrogen) atoms. The van der Waals surface area contributed by atoms with E-state index in [9.17, 15) is 14.4 Å². The maximum atomic E-state index is 12.2. The number of esters is 1. The lowest BCUT2D eigenvalue weighted by Crippen LogP contribution is -2.30. The van der Waals surface area contributed by atoms with Crippen LogP contribution in [-0.4, -0.2) is 43.5 Å². The summed E-state index contributed by atoms with van der Waals surface area (Å²) < 4.78 is 6.48. The zero-order chi connectivity index (χ0) is 18.8. The minimum Gasteiger partial charge on any atom is -0.447 e. The number of aromatic nitrogens is 4. The van der Waals surface area contributed by atoms with Gasteiger partial charge in [0.2, 0.25) is 0 Å². The molecule has 1 atom stereocenters. The summed E-state index contributed by atoms with van der Waals surface area (Å²) in [6.07, 6.45) is 0.410. The van der Waals surface area contributed by atoms with Gasteiger partial charge in [0.25, 0.3) is 23.4 Å². The number of rotatable bonds is 5. The number of fused-ring (bicyclic) bond motifs is 1. The first-order valence-electron chi connectivity index (χ1n) is 7.44. The molecule has 3 rings (SSSR count). The Morgan fingerprint density at radius 2 is 2.12 bits per heavy atom. The molecular formula is C15H14N6O4S. The monoisotopic (exact) mass is 374 g/mol. The minimum absolute atomic E-state index is 0.186. The molecule has 134 valence electrons. The van der Waals surface area contributed by atoms with E-state index in [1.54, 1.807) is 24.6 Å². The van der Waals surface area contributed by atoms with E-state index in [-0.39, 0.29) is 22.2 Å².